The van der Waals surface area contributed by atoms with E-state index in [0.717, 1.165) is 43.1 Å². The number of hydrogen-bond acceptors (Lipinski definition) is 6. The Labute approximate surface area is 153 Å². The van der Waals surface area contributed by atoms with Crippen LogP contribution in [0.25, 0.3) is 0 Å². The van der Waals surface area contributed by atoms with Crippen molar-refractivity contribution in [1.82, 2.24) is 15.5 Å². The van der Waals surface area contributed by atoms with Gasteiger partial charge in [0.25, 0.3) is 5.91 Å². The number of amides is 1. The molecule has 0 spiro atoms. The first-order valence-electron chi connectivity index (χ1n) is 8.88. The molecule has 0 aliphatic carbocycles. The number of nitrogens with zero attached hydrogens (tertiary/aromatic N) is 3. The van der Waals surface area contributed by atoms with Crippen LogP contribution in [0.4, 0.5) is 11.5 Å². The molecule has 1 aliphatic heterocycles. The smallest absolute Gasteiger partial charge is 0.251 e. The summed E-state index contributed by atoms with van der Waals surface area (Å²) >= 11 is 0. The number of hydrogen-bond donors (Lipinski definition) is 2. The van der Waals surface area contributed by atoms with Crippen molar-refractivity contribution in [3.05, 3.63) is 47.2 Å². The van der Waals surface area contributed by atoms with Crippen molar-refractivity contribution in [2.45, 2.75) is 13.8 Å². The normalized spacial score (nSPS) is 14.2. The van der Waals surface area contributed by atoms with E-state index in [2.05, 4.69) is 25.7 Å². The van der Waals surface area contributed by atoms with Crippen LogP contribution < -0.4 is 15.5 Å². The molecule has 7 heteroatoms. The summed E-state index contributed by atoms with van der Waals surface area (Å²) in [6, 6.07) is 7.81. The number of ether oxygens (including phenoxy) is 1. The molecule has 7 nitrogen and oxygen atoms in total. The third-order valence-electron chi connectivity index (χ3n) is 4.36. The predicted octanol–water partition coefficient (Wildman–Crippen LogP) is 1.77. The van der Waals surface area contributed by atoms with Crippen LogP contribution in [-0.4, -0.2) is 55.5 Å². The SMILES string of the molecule is Cc1ccc(C(=O)NCCNc2cc(N3CCOCC3)cnn2)c(C)c1. The van der Waals surface area contributed by atoms with Gasteiger partial charge in [0.2, 0.25) is 0 Å². The van der Waals surface area contributed by atoms with Crippen molar-refractivity contribution in [2.24, 2.45) is 0 Å². The van der Waals surface area contributed by atoms with Gasteiger partial charge in [-0.05, 0) is 25.5 Å². The second-order valence-electron chi connectivity index (χ2n) is 6.40. The molecule has 1 amide bonds. The molecule has 138 valence electrons. The number of anilines is 2. The number of carbonyl (C=O) groups is 1. The molecule has 0 bridgehead atoms. The maximum atomic E-state index is 12.3. The van der Waals surface area contributed by atoms with E-state index in [4.69, 9.17) is 4.74 Å². The van der Waals surface area contributed by atoms with Crippen molar-refractivity contribution in [3.8, 4) is 0 Å². The number of nitrogens with one attached hydrogen (secondary N) is 2. The number of morpholine rings is 1. The minimum absolute atomic E-state index is 0.0579. The van der Waals surface area contributed by atoms with Crippen LogP contribution in [0.3, 0.4) is 0 Å². The number of carbonyl (C=O) groups excluding carboxylic acids is 1. The molecule has 0 saturated carbocycles. The molecule has 0 unspecified atom stereocenters. The van der Waals surface area contributed by atoms with Gasteiger partial charge in [-0.15, -0.1) is 5.10 Å². The number of aryl methyl sites for hydroxylation is 2. The highest BCUT2D eigenvalue weighted by Gasteiger charge is 2.12. The van der Waals surface area contributed by atoms with Gasteiger partial charge in [-0.2, -0.15) is 5.10 Å². The second-order valence-corrected chi connectivity index (χ2v) is 6.40. The molecule has 1 aliphatic rings. The Bertz CT molecular complexity index is 759. The van der Waals surface area contributed by atoms with Gasteiger partial charge in [0.05, 0.1) is 25.1 Å². The van der Waals surface area contributed by atoms with Crippen molar-refractivity contribution in [1.29, 1.82) is 0 Å². The van der Waals surface area contributed by atoms with Crippen LogP contribution in [0.2, 0.25) is 0 Å². The summed E-state index contributed by atoms with van der Waals surface area (Å²) in [5, 5.41) is 14.3. The first-order valence-corrected chi connectivity index (χ1v) is 8.88. The van der Waals surface area contributed by atoms with Gasteiger partial charge in [-0.25, -0.2) is 0 Å². The lowest BCUT2D eigenvalue weighted by molar-refractivity contribution is 0.0954. The molecule has 1 aromatic carbocycles. The van der Waals surface area contributed by atoms with Crippen LogP contribution in [-0.2, 0) is 4.74 Å². The molecular formula is C19H25N5O2. The Kier molecular flexibility index (Phi) is 6.01. The van der Waals surface area contributed by atoms with E-state index in [-0.39, 0.29) is 5.91 Å². The molecule has 0 radical (unpaired) electrons. The van der Waals surface area contributed by atoms with E-state index in [1.54, 1.807) is 6.20 Å². The van der Waals surface area contributed by atoms with Gasteiger partial charge in [0.15, 0.2) is 5.82 Å². The zero-order chi connectivity index (χ0) is 18.4. The van der Waals surface area contributed by atoms with Crippen LogP contribution in [0, 0.1) is 13.8 Å². The molecular weight excluding hydrogens is 330 g/mol. The highest BCUT2D eigenvalue weighted by atomic mass is 16.5. The number of benzene rings is 1. The lowest BCUT2D eigenvalue weighted by Crippen LogP contribution is -2.36. The fourth-order valence-corrected chi connectivity index (χ4v) is 2.97. The summed E-state index contributed by atoms with van der Waals surface area (Å²) in [4.78, 5) is 14.5. The maximum Gasteiger partial charge on any atom is 0.251 e. The summed E-state index contributed by atoms with van der Waals surface area (Å²) in [6.07, 6.45) is 1.76. The van der Waals surface area contributed by atoms with E-state index in [0.29, 0.717) is 24.5 Å². The van der Waals surface area contributed by atoms with E-state index >= 15 is 0 Å². The van der Waals surface area contributed by atoms with Gasteiger partial charge >= 0.3 is 0 Å². The summed E-state index contributed by atoms with van der Waals surface area (Å²) < 4.78 is 5.37. The molecule has 1 saturated heterocycles. The van der Waals surface area contributed by atoms with E-state index in [9.17, 15) is 4.79 Å². The minimum atomic E-state index is -0.0579. The topological polar surface area (TPSA) is 79.4 Å². The quantitative estimate of drug-likeness (QED) is 0.769. The Morgan fingerprint density at radius 2 is 2.00 bits per heavy atom. The zero-order valence-electron chi connectivity index (χ0n) is 15.3. The summed E-state index contributed by atoms with van der Waals surface area (Å²) in [5.74, 6) is 0.646. The first-order chi connectivity index (χ1) is 12.6. The Balaban J connectivity index is 1.48. The highest BCUT2D eigenvalue weighted by molar-refractivity contribution is 5.95. The van der Waals surface area contributed by atoms with E-state index in [1.807, 2.05) is 38.1 Å². The van der Waals surface area contributed by atoms with Crippen LogP contribution in [0.1, 0.15) is 21.5 Å². The lowest BCUT2D eigenvalue weighted by atomic mass is 10.1. The zero-order valence-corrected chi connectivity index (χ0v) is 15.3. The molecule has 2 N–H and O–H groups in total. The van der Waals surface area contributed by atoms with Crippen molar-refractivity contribution >= 4 is 17.4 Å². The van der Waals surface area contributed by atoms with Gasteiger partial charge in [-0.3, -0.25) is 4.79 Å². The maximum absolute atomic E-state index is 12.3. The molecule has 2 aromatic rings. The highest BCUT2D eigenvalue weighted by Crippen LogP contribution is 2.17. The lowest BCUT2D eigenvalue weighted by Gasteiger charge is -2.28. The van der Waals surface area contributed by atoms with Crippen molar-refractivity contribution in [3.63, 3.8) is 0 Å². The number of rotatable bonds is 6. The van der Waals surface area contributed by atoms with Crippen LogP contribution in [0.15, 0.2) is 30.5 Å². The summed E-state index contributed by atoms with van der Waals surface area (Å²) in [7, 11) is 0. The molecule has 1 aromatic heterocycles. The molecule has 2 heterocycles. The van der Waals surface area contributed by atoms with Crippen LogP contribution in [0.5, 0.6) is 0 Å². The van der Waals surface area contributed by atoms with Gasteiger partial charge in [0.1, 0.15) is 0 Å². The number of aromatic nitrogens is 2. The monoisotopic (exact) mass is 355 g/mol. The van der Waals surface area contributed by atoms with Gasteiger partial charge < -0.3 is 20.3 Å². The standard InChI is InChI=1S/C19H25N5O2/c1-14-3-4-17(15(2)11-14)19(25)21-6-5-20-18-12-16(13-22-23-18)24-7-9-26-10-8-24/h3-4,11-13H,5-10H2,1-2H3,(H,20,23)(H,21,25). The largest absolute Gasteiger partial charge is 0.378 e. The van der Waals surface area contributed by atoms with Gasteiger partial charge in [0, 0.05) is 37.8 Å². The molecule has 0 atom stereocenters. The predicted molar refractivity (Wildman–Crippen MR) is 102 cm³/mol. The molecule has 1 fully saturated rings. The van der Waals surface area contributed by atoms with Crippen LogP contribution >= 0.6 is 0 Å². The molecule has 3 rings (SSSR count). The summed E-state index contributed by atoms with van der Waals surface area (Å²) in [5.41, 5.74) is 3.88. The Morgan fingerprint density at radius 3 is 2.77 bits per heavy atom. The van der Waals surface area contributed by atoms with Gasteiger partial charge in [-0.1, -0.05) is 17.7 Å². The fourth-order valence-electron chi connectivity index (χ4n) is 2.97. The van der Waals surface area contributed by atoms with Crippen molar-refractivity contribution < 1.29 is 9.53 Å². The fraction of sp³-hybridized carbons (Fsp3) is 0.421. The minimum Gasteiger partial charge on any atom is -0.378 e. The summed E-state index contributed by atoms with van der Waals surface area (Å²) in [6.45, 7) is 8.24. The van der Waals surface area contributed by atoms with Crippen molar-refractivity contribution in [2.75, 3.05) is 49.6 Å². The average molecular weight is 355 g/mol. The van der Waals surface area contributed by atoms with E-state index in [1.165, 1.54) is 0 Å². The third kappa shape index (κ3) is 4.70. The Hall–Kier alpha value is -2.67. The second kappa shape index (κ2) is 8.62. The first kappa shape index (κ1) is 18.1. The molecule has 26 heavy (non-hydrogen) atoms. The Morgan fingerprint density at radius 1 is 1.19 bits per heavy atom. The average Bonchev–Trinajstić information content (AvgIpc) is 2.66. The van der Waals surface area contributed by atoms with E-state index < -0.39 is 0 Å². The third-order valence-corrected chi connectivity index (χ3v) is 4.36.